The molecule has 0 aliphatic heterocycles. The van der Waals surface area contributed by atoms with E-state index >= 15 is 0 Å². The number of thiophene rings is 1. The third-order valence-electron chi connectivity index (χ3n) is 4.62. The quantitative estimate of drug-likeness (QED) is 0.285. The van der Waals surface area contributed by atoms with Crippen LogP contribution in [-0.2, 0) is 17.6 Å². The molecule has 2 aromatic rings. The van der Waals surface area contributed by atoms with E-state index in [2.05, 4.69) is 10.6 Å². The summed E-state index contributed by atoms with van der Waals surface area (Å²) in [7, 11) is 0. The number of halogens is 4. The van der Waals surface area contributed by atoms with Crippen molar-refractivity contribution in [3.8, 4) is 0 Å². The summed E-state index contributed by atoms with van der Waals surface area (Å²) in [6.45, 7) is 2.00. The monoisotopic (exact) mass is 508 g/mol. The van der Waals surface area contributed by atoms with Crippen molar-refractivity contribution in [2.75, 3.05) is 11.9 Å². The van der Waals surface area contributed by atoms with Gasteiger partial charge in [0.05, 0.1) is 12.2 Å². The van der Waals surface area contributed by atoms with Gasteiger partial charge in [-0.2, -0.15) is 0 Å². The number of carbonyl (C=O) groups is 2. The Morgan fingerprint density at radius 3 is 2.63 bits per heavy atom. The molecule has 5 nitrogen and oxygen atoms in total. The van der Waals surface area contributed by atoms with Crippen LogP contribution >= 0.6 is 57.7 Å². The van der Waals surface area contributed by atoms with Crippen LogP contribution in [0.3, 0.4) is 0 Å². The first-order valence-electron chi connectivity index (χ1n) is 9.42. The van der Waals surface area contributed by atoms with Gasteiger partial charge >= 0.3 is 5.97 Å². The smallest absolute Gasteiger partial charge is 0.341 e. The number of carbonyl (C=O) groups excluding carboxylic acids is 2. The van der Waals surface area contributed by atoms with Gasteiger partial charge in [0.2, 0.25) is 3.79 Å². The fourth-order valence-corrected chi connectivity index (χ4v) is 5.08. The predicted octanol–water partition coefficient (Wildman–Crippen LogP) is 6.00. The minimum absolute atomic E-state index is 0.252. The lowest BCUT2D eigenvalue weighted by atomic mass is 9.95. The van der Waals surface area contributed by atoms with Crippen molar-refractivity contribution in [2.24, 2.45) is 0 Å². The maximum absolute atomic E-state index is 12.7. The number of hydrogen-bond acceptors (Lipinski definition) is 5. The van der Waals surface area contributed by atoms with Crippen LogP contribution in [0, 0.1) is 0 Å². The van der Waals surface area contributed by atoms with E-state index in [1.807, 2.05) is 0 Å². The van der Waals surface area contributed by atoms with E-state index in [0.717, 1.165) is 36.1 Å². The Bertz CT molecular complexity index is 943. The number of nitrogens with one attached hydrogen (secondary N) is 2. The van der Waals surface area contributed by atoms with Crippen molar-refractivity contribution in [1.29, 1.82) is 0 Å². The number of alkyl halides is 3. The summed E-state index contributed by atoms with van der Waals surface area (Å²) in [4.78, 5) is 26.4. The lowest BCUT2D eigenvalue weighted by Gasteiger charge is -2.27. The molecule has 1 atom stereocenters. The molecule has 1 aliphatic rings. The second-order valence-electron chi connectivity index (χ2n) is 6.74. The molecule has 0 fully saturated rings. The van der Waals surface area contributed by atoms with Crippen LogP contribution in [0.25, 0.3) is 0 Å². The number of ether oxygens (including phenoxy) is 1. The number of anilines is 1. The number of fused-ring (bicyclic) bond motifs is 1. The molecule has 0 unspecified atom stereocenters. The Labute approximate surface area is 199 Å². The number of aryl methyl sites for hydroxylation is 1. The van der Waals surface area contributed by atoms with Gasteiger partial charge in [0, 0.05) is 15.5 Å². The normalized spacial score (nSPS) is 14.6. The molecule has 1 aromatic carbocycles. The molecule has 30 heavy (non-hydrogen) atoms. The van der Waals surface area contributed by atoms with E-state index in [4.69, 9.17) is 51.1 Å². The third-order valence-corrected chi connectivity index (χ3v) is 6.73. The highest BCUT2D eigenvalue weighted by Crippen LogP contribution is 2.41. The zero-order valence-corrected chi connectivity index (χ0v) is 19.9. The predicted molar refractivity (Wildman–Crippen MR) is 124 cm³/mol. The van der Waals surface area contributed by atoms with Crippen LogP contribution in [-0.4, -0.2) is 28.4 Å². The Morgan fingerprint density at radius 2 is 1.97 bits per heavy atom. The molecule has 1 aromatic heterocycles. The highest BCUT2D eigenvalue weighted by molar-refractivity contribution is 7.16. The van der Waals surface area contributed by atoms with Gasteiger partial charge in [0.25, 0.3) is 5.91 Å². The largest absolute Gasteiger partial charge is 0.462 e. The third kappa shape index (κ3) is 5.54. The van der Waals surface area contributed by atoms with E-state index in [9.17, 15) is 9.59 Å². The first kappa shape index (κ1) is 23.5. The van der Waals surface area contributed by atoms with Crippen molar-refractivity contribution in [3.05, 3.63) is 50.9 Å². The molecule has 10 heteroatoms. The first-order valence-corrected chi connectivity index (χ1v) is 11.7. The van der Waals surface area contributed by atoms with Crippen molar-refractivity contribution in [2.45, 2.75) is 42.6 Å². The summed E-state index contributed by atoms with van der Waals surface area (Å²) < 4.78 is 3.37. The highest BCUT2D eigenvalue weighted by atomic mass is 35.6. The molecule has 0 radical (unpaired) electrons. The van der Waals surface area contributed by atoms with Crippen LogP contribution in [0.5, 0.6) is 0 Å². The Balaban J connectivity index is 1.91. The Kier molecular flexibility index (Phi) is 7.80. The summed E-state index contributed by atoms with van der Waals surface area (Å²) >= 11 is 25.8. The summed E-state index contributed by atoms with van der Waals surface area (Å²) in [6.07, 6.45) is 2.61. The average Bonchev–Trinajstić information content (AvgIpc) is 3.05. The summed E-state index contributed by atoms with van der Waals surface area (Å²) in [5, 5.41) is 6.66. The number of rotatable bonds is 6. The molecule has 162 valence electrons. The number of amides is 1. The van der Waals surface area contributed by atoms with Crippen LogP contribution in [0.15, 0.2) is 24.3 Å². The van der Waals surface area contributed by atoms with Gasteiger partial charge in [-0.3, -0.25) is 4.79 Å². The molecule has 1 amide bonds. The Hall–Kier alpha value is -1.18. The number of hydrogen-bond donors (Lipinski definition) is 2. The van der Waals surface area contributed by atoms with Gasteiger partial charge < -0.3 is 15.4 Å². The van der Waals surface area contributed by atoms with Gasteiger partial charge in [0.1, 0.15) is 11.2 Å². The molecule has 1 heterocycles. The van der Waals surface area contributed by atoms with E-state index in [1.54, 1.807) is 25.1 Å². The van der Waals surface area contributed by atoms with Gasteiger partial charge in [-0.25, -0.2) is 4.79 Å². The number of benzene rings is 1. The second-order valence-corrected chi connectivity index (χ2v) is 10.6. The van der Waals surface area contributed by atoms with Crippen molar-refractivity contribution >= 4 is 74.6 Å². The highest BCUT2D eigenvalue weighted by Gasteiger charge is 2.37. The van der Waals surface area contributed by atoms with Gasteiger partial charge in [0.15, 0.2) is 0 Å². The van der Waals surface area contributed by atoms with E-state index in [0.29, 0.717) is 21.2 Å². The molecular formula is C20H20Cl4N2O3S. The molecule has 0 saturated carbocycles. The van der Waals surface area contributed by atoms with E-state index < -0.39 is 21.8 Å². The molecule has 2 N–H and O–H groups in total. The molecule has 0 spiro atoms. The van der Waals surface area contributed by atoms with Gasteiger partial charge in [-0.1, -0.05) is 52.5 Å². The second kappa shape index (κ2) is 9.96. The summed E-state index contributed by atoms with van der Waals surface area (Å²) in [5.74, 6) is -0.899. The van der Waals surface area contributed by atoms with Crippen molar-refractivity contribution < 1.29 is 14.3 Å². The van der Waals surface area contributed by atoms with Crippen LogP contribution in [0.2, 0.25) is 5.02 Å². The minimum atomic E-state index is -1.88. The summed E-state index contributed by atoms with van der Waals surface area (Å²) in [5.41, 5.74) is 1.74. The van der Waals surface area contributed by atoms with Crippen LogP contribution < -0.4 is 10.6 Å². The fraction of sp³-hybridized carbons (Fsp3) is 0.400. The van der Waals surface area contributed by atoms with Gasteiger partial charge in [-0.15, -0.1) is 11.3 Å². The lowest BCUT2D eigenvalue weighted by molar-refractivity contribution is 0.0526. The minimum Gasteiger partial charge on any atom is -0.462 e. The Morgan fingerprint density at radius 1 is 1.23 bits per heavy atom. The van der Waals surface area contributed by atoms with E-state index in [-0.39, 0.29) is 6.61 Å². The summed E-state index contributed by atoms with van der Waals surface area (Å²) in [6, 6.07) is 6.43. The van der Waals surface area contributed by atoms with E-state index in [1.165, 1.54) is 17.4 Å². The zero-order chi connectivity index (χ0) is 21.9. The van der Waals surface area contributed by atoms with Crippen LogP contribution in [0.1, 0.15) is 50.9 Å². The maximum Gasteiger partial charge on any atom is 0.341 e. The lowest BCUT2D eigenvalue weighted by Crippen LogP contribution is -2.49. The van der Waals surface area contributed by atoms with Crippen molar-refractivity contribution in [1.82, 2.24) is 5.32 Å². The van der Waals surface area contributed by atoms with Crippen molar-refractivity contribution in [3.63, 3.8) is 0 Å². The molecule has 0 saturated heterocycles. The maximum atomic E-state index is 12.7. The van der Waals surface area contributed by atoms with Crippen LogP contribution in [0.4, 0.5) is 5.00 Å². The standard InChI is InChI=1S/C20H20Cl4N2O3S/c1-2-29-18(28)15-13-8-3-4-9-14(13)30-17(15)26-19(20(22,23)24)25-16(27)11-6-5-7-12(21)10-11/h5-7,10,19,26H,2-4,8-9H2,1H3,(H,25,27)/t19-/m1/s1. The number of esters is 1. The molecule has 0 bridgehead atoms. The molecule has 3 rings (SSSR count). The van der Waals surface area contributed by atoms with Gasteiger partial charge in [-0.05, 0) is 56.4 Å². The SMILES string of the molecule is CCOC(=O)c1c(N[C@@H](NC(=O)c2cccc(Cl)c2)C(Cl)(Cl)Cl)sc2c1CCCC2. The topological polar surface area (TPSA) is 67.4 Å². The fourth-order valence-electron chi connectivity index (χ4n) is 3.26. The first-order chi connectivity index (χ1) is 14.2. The molecule has 1 aliphatic carbocycles. The molecular weight excluding hydrogens is 490 g/mol. The zero-order valence-electron chi connectivity index (χ0n) is 16.1. The average molecular weight is 510 g/mol.